The molecule has 1 aliphatic rings. The van der Waals surface area contributed by atoms with Crippen molar-refractivity contribution in [3.05, 3.63) is 0 Å². The maximum atomic E-state index is 9.67. The van der Waals surface area contributed by atoms with E-state index < -0.39 is 5.60 Å². The summed E-state index contributed by atoms with van der Waals surface area (Å²) in [7, 11) is 0. The summed E-state index contributed by atoms with van der Waals surface area (Å²) in [4.78, 5) is 0. The Morgan fingerprint density at radius 3 is 2.75 bits per heavy atom. The lowest BCUT2D eigenvalue weighted by atomic mass is 10.0. The topological polar surface area (TPSA) is 64.7 Å². The summed E-state index contributed by atoms with van der Waals surface area (Å²) in [5.74, 6) is 0.656. The molecule has 1 fully saturated rings. The van der Waals surface area contributed by atoms with E-state index in [0.29, 0.717) is 25.5 Å². The largest absolute Gasteiger partial charge is 0.389 e. The van der Waals surface area contributed by atoms with Crippen LogP contribution in [0.2, 0.25) is 0 Å². The molecule has 1 rings (SSSR count). The first-order valence-corrected chi connectivity index (χ1v) is 6.22. The molecule has 1 saturated heterocycles. The summed E-state index contributed by atoms with van der Waals surface area (Å²) in [6.07, 6.45) is 3.80. The average Bonchev–Trinajstić information content (AvgIpc) is 2.30. The molecular weight excluding hydrogens is 206 g/mol. The molecule has 0 radical (unpaired) electrons. The zero-order valence-electron chi connectivity index (χ0n) is 10.3. The molecule has 0 aromatic rings. The van der Waals surface area contributed by atoms with Crippen molar-refractivity contribution in [2.75, 3.05) is 33.0 Å². The van der Waals surface area contributed by atoms with Gasteiger partial charge in [0.15, 0.2) is 0 Å². The number of ether oxygens (including phenoxy) is 2. The number of hydrogen-bond donors (Lipinski definition) is 2. The second kappa shape index (κ2) is 7.22. The van der Waals surface area contributed by atoms with E-state index in [0.717, 1.165) is 39.1 Å². The monoisotopic (exact) mass is 231 g/mol. The number of aliphatic hydroxyl groups is 1. The molecule has 1 unspecified atom stereocenters. The van der Waals surface area contributed by atoms with Gasteiger partial charge in [0.25, 0.3) is 0 Å². The van der Waals surface area contributed by atoms with E-state index in [2.05, 4.69) is 0 Å². The minimum absolute atomic E-state index is 0.312. The third kappa shape index (κ3) is 5.80. The maximum absolute atomic E-state index is 9.67. The van der Waals surface area contributed by atoms with Crippen molar-refractivity contribution in [1.29, 1.82) is 0 Å². The van der Waals surface area contributed by atoms with Crippen molar-refractivity contribution in [2.45, 2.75) is 38.2 Å². The van der Waals surface area contributed by atoms with Crippen molar-refractivity contribution < 1.29 is 14.6 Å². The van der Waals surface area contributed by atoms with E-state index >= 15 is 0 Å². The van der Waals surface area contributed by atoms with Crippen LogP contribution in [0.5, 0.6) is 0 Å². The Kier molecular flexibility index (Phi) is 6.28. The highest BCUT2D eigenvalue weighted by Gasteiger charge is 2.17. The van der Waals surface area contributed by atoms with Gasteiger partial charge in [-0.05, 0) is 38.5 Å². The standard InChI is InChI=1S/C12H25NO3/c1-12(14,10-13)5-2-6-16-9-11-3-7-15-8-4-11/h11,14H,2-10,13H2,1H3. The quantitative estimate of drug-likeness (QED) is 0.639. The van der Waals surface area contributed by atoms with Crippen molar-refractivity contribution in [1.82, 2.24) is 0 Å². The van der Waals surface area contributed by atoms with Crippen molar-refractivity contribution >= 4 is 0 Å². The Hall–Kier alpha value is -0.160. The zero-order chi connectivity index (χ0) is 11.9. The molecule has 0 aliphatic carbocycles. The normalized spacial score (nSPS) is 21.9. The summed E-state index contributed by atoms with van der Waals surface area (Å²) in [5.41, 5.74) is 4.70. The first-order valence-electron chi connectivity index (χ1n) is 6.22. The van der Waals surface area contributed by atoms with Crippen molar-refractivity contribution in [2.24, 2.45) is 11.7 Å². The predicted molar refractivity (Wildman–Crippen MR) is 63.3 cm³/mol. The highest BCUT2D eigenvalue weighted by Crippen LogP contribution is 2.15. The molecule has 0 aromatic carbocycles. The molecule has 0 bridgehead atoms. The van der Waals surface area contributed by atoms with Gasteiger partial charge < -0.3 is 20.3 Å². The third-order valence-electron chi connectivity index (χ3n) is 3.14. The number of hydrogen-bond acceptors (Lipinski definition) is 4. The summed E-state index contributed by atoms with van der Waals surface area (Å²) in [6, 6.07) is 0. The molecule has 0 saturated carbocycles. The molecule has 1 aliphatic heterocycles. The van der Waals surface area contributed by atoms with Crippen LogP contribution in [0.15, 0.2) is 0 Å². The Balaban J connectivity index is 1.95. The summed E-state index contributed by atoms with van der Waals surface area (Å²) >= 11 is 0. The highest BCUT2D eigenvalue weighted by atomic mass is 16.5. The molecule has 4 nitrogen and oxygen atoms in total. The van der Waals surface area contributed by atoms with E-state index in [4.69, 9.17) is 15.2 Å². The van der Waals surface area contributed by atoms with Gasteiger partial charge in [-0.15, -0.1) is 0 Å². The van der Waals surface area contributed by atoms with Gasteiger partial charge >= 0.3 is 0 Å². The summed E-state index contributed by atoms with van der Waals surface area (Å²) < 4.78 is 10.9. The van der Waals surface area contributed by atoms with Gasteiger partial charge in [-0.25, -0.2) is 0 Å². The summed E-state index contributed by atoms with van der Waals surface area (Å²) in [5, 5.41) is 9.67. The highest BCUT2D eigenvalue weighted by molar-refractivity contribution is 4.72. The Morgan fingerprint density at radius 2 is 2.12 bits per heavy atom. The first-order chi connectivity index (χ1) is 7.64. The maximum Gasteiger partial charge on any atom is 0.0742 e. The fourth-order valence-electron chi connectivity index (χ4n) is 1.82. The van der Waals surface area contributed by atoms with Crippen LogP contribution in [-0.2, 0) is 9.47 Å². The molecule has 0 aromatic heterocycles. The average molecular weight is 231 g/mol. The van der Waals surface area contributed by atoms with Crippen LogP contribution in [-0.4, -0.2) is 43.7 Å². The van der Waals surface area contributed by atoms with Gasteiger partial charge in [0.1, 0.15) is 0 Å². The Morgan fingerprint density at radius 1 is 1.44 bits per heavy atom. The lowest BCUT2D eigenvalue weighted by Crippen LogP contribution is -2.34. The van der Waals surface area contributed by atoms with Gasteiger partial charge in [-0.1, -0.05) is 0 Å². The van der Waals surface area contributed by atoms with Crippen LogP contribution < -0.4 is 5.73 Å². The van der Waals surface area contributed by atoms with E-state index in [1.807, 2.05) is 0 Å². The van der Waals surface area contributed by atoms with Crippen LogP contribution in [0.25, 0.3) is 0 Å². The van der Waals surface area contributed by atoms with Crippen molar-refractivity contribution in [3.8, 4) is 0 Å². The van der Waals surface area contributed by atoms with Gasteiger partial charge in [0, 0.05) is 33.0 Å². The van der Waals surface area contributed by atoms with Gasteiger partial charge in [0.05, 0.1) is 5.60 Å². The molecule has 1 atom stereocenters. The van der Waals surface area contributed by atoms with Crippen LogP contribution in [0, 0.1) is 5.92 Å². The van der Waals surface area contributed by atoms with Crippen LogP contribution in [0.3, 0.4) is 0 Å². The number of nitrogens with two attached hydrogens (primary N) is 1. The lowest BCUT2D eigenvalue weighted by molar-refractivity contribution is 0.0107. The van der Waals surface area contributed by atoms with E-state index in [1.54, 1.807) is 6.92 Å². The fraction of sp³-hybridized carbons (Fsp3) is 1.00. The van der Waals surface area contributed by atoms with E-state index in [1.165, 1.54) is 0 Å². The smallest absolute Gasteiger partial charge is 0.0742 e. The van der Waals surface area contributed by atoms with Crippen LogP contribution in [0.1, 0.15) is 32.6 Å². The predicted octanol–water partition coefficient (Wildman–Crippen LogP) is 0.919. The minimum Gasteiger partial charge on any atom is -0.389 e. The minimum atomic E-state index is -0.734. The van der Waals surface area contributed by atoms with Gasteiger partial charge in [-0.3, -0.25) is 0 Å². The lowest BCUT2D eigenvalue weighted by Gasteiger charge is -2.23. The van der Waals surface area contributed by atoms with E-state index in [9.17, 15) is 5.11 Å². The second-order valence-corrected chi connectivity index (χ2v) is 4.94. The molecule has 96 valence electrons. The fourth-order valence-corrected chi connectivity index (χ4v) is 1.82. The summed E-state index contributed by atoms with van der Waals surface area (Å²) in [6.45, 7) is 5.37. The molecule has 1 heterocycles. The molecule has 0 spiro atoms. The first kappa shape index (κ1) is 13.9. The molecule has 3 N–H and O–H groups in total. The second-order valence-electron chi connectivity index (χ2n) is 4.94. The van der Waals surface area contributed by atoms with Crippen molar-refractivity contribution in [3.63, 3.8) is 0 Å². The number of rotatable bonds is 7. The SMILES string of the molecule is CC(O)(CN)CCCOCC1CCOCC1. The van der Waals surface area contributed by atoms with Gasteiger partial charge in [0.2, 0.25) is 0 Å². The third-order valence-corrected chi connectivity index (χ3v) is 3.14. The molecule has 0 amide bonds. The zero-order valence-corrected chi connectivity index (χ0v) is 10.3. The van der Waals surface area contributed by atoms with Gasteiger partial charge in [-0.2, -0.15) is 0 Å². The van der Waals surface area contributed by atoms with Crippen LogP contribution >= 0.6 is 0 Å². The molecular formula is C12H25NO3. The Labute approximate surface area is 98.1 Å². The van der Waals surface area contributed by atoms with E-state index in [-0.39, 0.29) is 0 Å². The molecule has 16 heavy (non-hydrogen) atoms. The Bertz CT molecular complexity index is 179. The molecule has 4 heteroatoms. The van der Waals surface area contributed by atoms with Crippen LogP contribution in [0.4, 0.5) is 0 Å².